The molecule has 1 aromatic rings. The van der Waals surface area contributed by atoms with Gasteiger partial charge in [-0.05, 0) is 49.2 Å². The fourth-order valence-corrected chi connectivity index (χ4v) is 4.80. The van der Waals surface area contributed by atoms with Crippen LogP contribution in [0.1, 0.15) is 37.7 Å². The summed E-state index contributed by atoms with van der Waals surface area (Å²) in [5, 5.41) is 0. The average Bonchev–Trinajstić information content (AvgIpc) is 2.92. The van der Waals surface area contributed by atoms with E-state index in [1.54, 1.807) is 6.07 Å². The van der Waals surface area contributed by atoms with Crippen molar-refractivity contribution >= 4 is 8.32 Å². The molecule has 0 N–H and O–H groups in total. The number of halogens is 1. The summed E-state index contributed by atoms with van der Waals surface area (Å²) in [4.78, 5) is 2.37. The van der Waals surface area contributed by atoms with E-state index in [9.17, 15) is 4.39 Å². The van der Waals surface area contributed by atoms with Crippen molar-refractivity contribution in [2.24, 2.45) is 0 Å². The van der Waals surface area contributed by atoms with Crippen LogP contribution in [0.2, 0.25) is 19.1 Å². The molecule has 4 heteroatoms. The number of rotatable bonds is 7. The Kier molecular flexibility index (Phi) is 5.96. The van der Waals surface area contributed by atoms with E-state index in [0.29, 0.717) is 5.92 Å². The predicted molar refractivity (Wildman–Crippen MR) is 88.5 cm³/mol. The summed E-state index contributed by atoms with van der Waals surface area (Å²) < 4.78 is 19.5. The standard InChI is InChI=1S/C17H28FNOSi/c1-4-5-11-21(2,3)20-14-19-10-9-16(13-19)15-7-6-8-17(18)12-15/h6-8,12,16H,4-5,9-11,13-14H2,1-3H3. The molecule has 1 saturated heterocycles. The summed E-state index contributed by atoms with van der Waals surface area (Å²) >= 11 is 0. The summed E-state index contributed by atoms with van der Waals surface area (Å²) in [6.45, 7) is 9.63. The minimum absolute atomic E-state index is 0.129. The summed E-state index contributed by atoms with van der Waals surface area (Å²) in [6, 6.07) is 8.28. The quantitative estimate of drug-likeness (QED) is 0.683. The van der Waals surface area contributed by atoms with Crippen molar-refractivity contribution in [3.05, 3.63) is 35.6 Å². The second-order valence-corrected chi connectivity index (χ2v) is 11.1. The molecular weight excluding hydrogens is 281 g/mol. The van der Waals surface area contributed by atoms with Crippen LogP contribution >= 0.6 is 0 Å². The van der Waals surface area contributed by atoms with Crippen molar-refractivity contribution in [2.45, 2.75) is 51.2 Å². The zero-order valence-electron chi connectivity index (χ0n) is 13.6. The molecule has 1 aliphatic rings. The third kappa shape index (κ3) is 5.20. The van der Waals surface area contributed by atoms with Crippen LogP contribution in [0.4, 0.5) is 4.39 Å². The molecule has 21 heavy (non-hydrogen) atoms. The van der Waals surface area contributed by atoms with Gasteiger partial charge in [0, 0.05) is 13.1 Å². The van der Waals surface area contributed by atoms with Gasteiger partial charge in [0.15, 0.2) is 8.32 Å². The lowest BCUT2D eigenvalue weighted by atomic mass is 9.98. The summed E-state index contributed by atoms with van der Waals surface area (Å²) in [7, 11) is -1.50. The maximum absolute atomic E-state index is 13.3. The number of unbranched alkanes of at least 4 members (excludes halogenated alkanes) is 1. The van der Waals surface area contributed by atoms with Crippen LogP contribution in [0.3, 0.4) is 0 Å². The lowest BCUT2D eigenvalue weighted by Gasteiger charge is -2.26. The number of hydrogen-bond donors (Lipinski definition) is 0. The SMILES string of the molecule is CCCC[Si](C)(C)OCN1CCC(c2cccc(F)c2)C1. The van der Waals surface area contributed by atoms with Gasteiger partial charge in [0.1, 0.15) is 5.82 Å². The third-order valence-corrected chi connectivity index (χ3v) is 6.83. The first kappa shape index (κ1) is 16.7. The number of nitrogens with zero attached hydrogens (tertiary/aromatic N) is 1. The largest absolute Gasteiger partial charge is 0.405 e. The van der Waals surface area contributed by atoms with E-state index in [4.69, 9.17) is 4.43 Å². The van der Waals surface area contributed by atoms with Crippen molar-refractivity contribution in [3.8, 4) is 0 Å². The van der Waals surface area contributed by atoms with Gasteiger partial charge in [-0.1, -0.05) is 31.9 Å². The highest BCUT2D eigenvalue weighted by Crippen LogP contribution is 2.28. The first-order valence-corrected chi connectivity index (χ1v) is 11.2. The van der Waals surface area contributed by atoms with Crippen LogP contribution < -0.4 is 0 Å². The van der Waals surface area contributed by atoms with E-state index < -0.39 is 8.32 Å². The van der Waals surface area contributed by atoms with Gasteiger partial charge in [0.05, 0.1) is 6.73 Å². The second kappa shape index (κ2) is 7.52. The smallest absolute Gasteiger partial charge is 0.188 e. The van der Waals surface area contributed by atoms with Gasteiger partial charge in [-0.25, -0.2) is 4.39 Å². The van der Waals surface area contributed by atoms with Crippen molar-refractivity contribution in [2.75, 3.05) is 19.8 Å². The highest BCUT2D eigenvalue weighted by Gasteiger charge is 2.27. The molecule has 1 fully saturated rings. The Morgan fingerprint density at radius 3 is 2.90 bits per heavy atom. The molecule has 1 aliphatic heterocycles. The van der Waals surface area contributed by atoms with Crippen LogP contribution in [0.25, 0.3) is 0 Å². The molecule has 0 bridgehead atoms. The maximum Gasteiger partial charge on any atom is 0.188 e. The van der Waals surface area contributed by atoms with Crippen molar-refractivity contribution in [1.82, 2.24) is 4.90 Å². The molecule has 1 heterocycles. The second-order valence-electron chi connectivity index (χ2n) is 6.75. The fraction of sp³-hybridized carbons (Fsp3) is 0.647. The van der Waals surface area contributed by atoms with Crippen LogP contribution in [0, 0.1) is 5.82 Å². The van der Waals surface area contributed by atoms with Gasteiger partial charge in [0.25, 0.3) is 0 Å². The van der Waals surface area contributed by atoms with Crippen LogP contribution in [0.15, 0.2) is 24.3 Å². The molecule has 1 aromatic carbocycles. The summed E-state index contributed by atoms with van der Waals surface area (Å²) in [6.07, 6.45) is 3.61. The zero-order chi connectivity index (χ0) is 15.3. The Labute approximate surface area is 129 Å². The Morgan fingerprint density at radius 1 is 1.38 bits per heavy atom. The van der Waals surface area contributed by atoms with E-state index in [0.717, 1.165) is 31.8 Å². The normalized spacial score (nSPS) is 20.1. The van der Waals surface area contributed by atoms with Crippen LogP contribution in [-0.2, 0) is 4.43 Å². The van der Waals surface area contributed by atoms with Crippen molar-refractivity contribution in [3.63, 3.8) is 0 Å². The van der Waals surface area contributed by atoms with Gasteiger partial charge in [-0.3, -0.25) is 4.90 Å². The first-order chi connectivity index (χ1) is 10.00. The highest BCUT2D eigenvalue weighted by atomic mass is 28.4. The van der Waals surface area contributed by atoms with Gasteiger partial charge >= 0.3 is 0 Å². The number of benzene rings is 1. The zero-order valence-corrected chi connectivity index (χ0v) is 14.6. The molecule has 118 valence electrons. The summed E-state index contributed by atoms with van der Waals surface area (Å²) in [5.74, 6) is 0.319. The number of likely N-dealkylation sites (tertiary alicyclic amines) is 1. The Hall–Kier alpha value is -0.713. The van der Waals surface area contributed by atoms with Gasteiger partial charge in [-0.15, -0.1) is 0 Å². The van der Waals surface area contributed by atoms with E-state index in [1.807, 2.05) is 12.1 Å². The minimum atomic E-state index is -1.50. The molecule has 0 radical (unpaired) electrons. The molecule has 2 rings (SSSR count). The molecule has 1 atom stereocenters. The maximum atomic E-state index is 13.3. The lowest BCUT2D eigenvalue weighted by Crippen LogP contribution is -2.36. The van der Waals surface area contributed by atoms with Gasteiger partial charge in [-0.2, -0.15) is 0 Å². The molecule has 0 amide bonds. The van der Waals surface area contributed by atoms with Crippen LogP contribution in [0.5, 0.6) is 0 Å². The highest BCUT2D eigenvalue weighted by molar-refractivity contribution is 6.71. The molecule has 0 aliphatic carbocycles. The first-order valence-electron chi connectivity index (χ1n) is 8.12. The van der Waals surface area contributed by atoms with Crippen LogP contribution in [-0.4, -0.2) is 33.0 Å². The Bertz CT molecular complexity index is 452. The third-order valence-electron chi connectivity index (χ3n) is 4.36. The van der Waals surface area contributed by atoms with E-state index in [2.05, 4.69) is 24.9 Å². The van der Waals surface area contributed by atoms with Crippen molar-refractivity contribution < 1.29 is 8.82 Å². The van der Waals surface area contributed by atoms with Gasteiger partial charge in [0.2, 0.25) is 0 Å². The summed E-state index contributed by atoms with van der Waals surface area (Å²) in [5.41, 5.74) is 1.12. The minimum Gasteiger partial charge on any atom is -0.405 e. The van der Waals surface area contributed by atoms with E-state index in [1.165, 1.54) is 25.0 Å². The van der Waals surface area contributed by atoms with Crippen molar-refractivity contribution in [1.29, 1.82) is 0 Å². The number of hydrogen-bond acceptors (Lipinski definition) is 2. The molecule has 0 saturated carbocycles. The fourth-order valence-electron chi connectivity index (χ4n) is 2.92. The Morgan fingerprint density at radius 2 is 2.19 bits per heavy atom. The molecule has 1 unspecified atom stereocenters. The van der Waals surface area contributed by atoms with Gasteiger partial charge < -0.3 is 4.43 Å². The Balaban J connectivity index is 1.80. The topological polar surface area (TPSA) is 12.5 Å². The average molecular weight is 310 g/mol. The molecule has 0 aromatic heterocycles. The van der Waals surface area contributed by atoms with E-state index >= 15 is 0 Å². The predicted octanol–water partition coefficient (Wildman–Crippen LogP) is 4.59. The molecule has 0 spiro atoms. The van der Waals surface area contributed by atoms with E-state index in [-0.39, 0.29) is 5.82 Å². The monoisotopic (exact) mass is 309 g/mol. The lowest BCUT2D eigenvalue weighted by molar-refractivity contribution is 0.142. The molecular formula is C17H28FNOSi. The molecule has 2 nitrogen and oxygen atoms in total.